The van der Waals surface area contributed by atoms with Crippen molar-refractivity contribution in [2.24, 2.45) is 29.6 Å². The van der Waals surface area contributed by atoms with Gasteiger partial charge < -0.3 is 90.9 Å². The van der Waals surface area contributed by atoms with Gasteiger partial charge in [0.05, 0.1) is 49.8 Å². The number of benzene rings is 2. The van der Waals surface area contributed by atoms with Crippen LogP contribution in [0.4, 0.5) is 10.5 Å². The topological polar surface area (TPSA) is 437 Å². The summed E-state index contributed by atoms with van der Waals surface area (Å²) < 4.78 is 36.1. The number of carboxylic acids is 1. The van der Waals surface area contributed by atoms with E-state index in [0.717, 1.165) is 10.5 Å². The molecule has 0 spiro atoms. The first-order chi connectivity index (χ1) is 48.6. The third-order valence-corrected chi connectivity index (χ3v) is 18.7. The number of imide groups is 1. The fourth-order valence-corrected chi connectivity index (χ4v) is 12.7. The number of ether oxygens (including phenoxy) is 5. The number of aliphatic hydroxyl groups is 4. The maximum absolute atomic E-state index is 14.9. The lowest BCUT2D eigenvalue weighted by molar-refractivity contribution is -0.294. The van der Waals surface area contributed by atoms with E-state index in [1.807, 2.05) is 13.8 Å². The molecule has 5 rings (SSSR count). The molecular weight excluding hydrogens is 1330 g/mol. The molecule has 2 aromatic rings. The second-order valence-electron chi connectivity index (χ2n) is 27.1. The molecule has 3 aliphatic rings. The number of carboxylic acid groups (broad SMARTS) is 1. The van der Waals surface area contributed by atoms with Gasteiger partial charge in [-0.15, -0.1) is 0 Å². The van der Waals surface area contributed by atoms with Crippen molar-refractivity contribution < 1.29 is 108 Å². The van der Waals surface area contributed by atoms with E-state index in [2.05, 4.69) is 31.9 Å². The highest BCUT2D eigenvalue weighted by Gasteiger charge is 2.48. The zero-order chi connectivity index (χ0) is 76.9. The molecule has 3 heterocycles. The van der Waals surface area contributed by atoms with Crippen LogP contribution in [0.5, 0.6) is 0 Å². The molecule has 0 aromatic heterocycles. The third-order valence-electron chi connectivity index (χ3n) is 18.7. The van der Waals surface area contributed by atoms with Crippen molar-refractivity contribution in [3.63, 3.8) is 0 Å². The Bertz CT molecular complexity index is 3220. The number of nitrogens with one attached hydrogen (secondary N) is 6. The number of hydrogen-bond donors (Lipinski definition) is 11. The minimum absolute atomic E-state index is 0.00733. The SMILES string of the molecule is [3H]C1CC(=O)N(CC(=O)N[C@H](C(=O)N[C@@H](CO)C(=O)Nc2ccc(COC(=O)N(C)[C@H](C(=O)N[C@H](C(=O)N(C)[C@@H]([C@@H](C)CC)[C@@H](CC(=O)N3CCC[C@H]3[C@H](OC)[C@@H](C)C(=O)N[C@@H](Cc3ccccc3)C(=O)NCCCO[C@@H]3O[C@H](C(=O)O)[C@@H](O)[C@H](O)[C@H]3O)OC)C(C)C)C(C)C)cc2)C(C)C)C1=O. The summed E-state index contributed by atoms with van der Waals surface area (Å²) >= 11 is 0. The zero-order valence-corrected chi connectivity index (χ0v) is 60.4. The van der Waals surface area contributed by atoms with E-state index in [1.165, 1.54) is 38.3 Å². The normalized spacial score (nSPS) is 22.2. The van der Waals surface area contributed by atoms with Gasteiger partial charge >= 0.3 is 12.1 Å². The molecule has 11 N–H and O–H groups in total. The molecule has 0 radical (unpaired) electrons. The quantitative estimate of drug-likeness (QED) is 0.0316. The molecule has 0 aliphatic carbocycles. The Morgan fingerprint density at radius 1 is 0.725 bits per heavy atom. The molecule has 568 valence electrons. The van der Waals surface area contributed by atoms with Crippen LogP contribution in [0.15, 0.2) is 54.6 Å². The van der Waals surface area contributed by atoms with Gasteiger partial charge in [-0.25, -0.2) is 9.59 Å². The summed E-state index contributed by atoms with van der Waals surface area (Å²) in [5, 5.41) is 65.9. The highest BCUT2D eigenvalue weighted by molar-refractivity contribution is 6.05. The van der Waals surface area contributed by atoms with Gasteiger partial charge in [-0.3, -0.25) is 57.7 Å². The summed E-state index contributed by atoms with van der Waals surface area (Å²) in [6, 6.07) is 7.64. The van der Waals surface area contributed by atoms with E-state index in [0.29, 0.717) is 36.3 Å². The fraction of sp³-hybridized carbons (Fsp3) is 0.657. The Balaban J connectivity index is 1.18. The fourth-order valence-electron chi connectivity index (χ4n) is 12.7. The molecule has 102 heavy (non-hydrogen) atoms. The van der Waals surface area contributed by atoms with Gasteiger partial charge in [0.2, 0.25) is 59.1 Å². The average molecular weight is 1440 g/mol. The number of amides is 11. The van der Waals surface area contributed by atoms with Crippen LogP contribution in [0.3, 0.4) is 0 Å². The van der Waals surface area contributed by atoms with Crippen molar-refractivity contribution in [2.45, 2.75) is 205 Å². The lowest BCUT2D eigenvalue weighted by atomic mass is 9.89. The maximum Gasteiger partial charge on any atom is 0.410 e. The van der Waals surface area contributed by atoms with Crippen LogP contribution in [0.25, 0.3) is 0 Å². The van der Waals surface area contributed by atoms with E-state index in [4.69, 9.17) is 25.1 Å². The largest absolute Gasteiger partial charge is 0.479 e. The van der Waals surface area contributed by atoms with Crippen LogP contribution in [-0.2, 0) is 89.5 Å². The molecule has 32 nitrogen and oxygen atoms in total. The number of aliphatic carboxylic acids is 1. The lowest BCUT2D eigenvalue weighted by Crippen LogP contribution is -2.60. The number of aliphatic hydroxyl groups excluding tert-OH is 4. The second-order valence-corrected chi connectivity index (χ2v) is 27.1. The first-order valence-electron chi connectivity index (χ1n) is 35.0. The first-order valence-corrected chi connectivity index (χ1v) is 34.5. The Kier molecular flexibility index (Phi) is 32.4. The Morgan fingerprint density at radius 2 is 1.37 bits per heavy atom. The summed E-state index contributed by atoms with van der Waals surface area (Å²) in [6.45, 7) is 14.0. The minimum atomic E-state index is -1.90. The van der Waals surface area contributed by atoms with Gasteiger partial charge in [0.25, 0.3) is 0 Å². The molecule has 3 aliphatic heterocycles. The highest BCUT2D eigenvalue weighted by atomic mass is 16.7. The van der Waals surface area contributed by atoms with Gasteiger partial charge in [0.15, 0.2) is 12.4 Å². The number of methoxy groups -OCH3 is 2. The molecular formula is C70H106N10O22. The van der Waals surface area contributed by atoms with Crippen molar-refractivity contribution in [1.29, 1.82) is 0 Å². The summed E-state index contributed by atoms with van der Waals surface area (Å²) in [5.74, 6) is -10.8. The van der Waals surface area contributed by atoms with Crippen LogP contribution in [0.1, 0.15) is 120 Å². The smallest absolute Gasteiger partial charge is 0.410 e. The molecule has 0 saturated carbocycles. The van der Waals surface area contributed by atoms with Gasteiger partial charge in [0.1, 0.15) is 61.7 Å². The van der Waals surface area contributed by atoms with E-state index in [9.17, 15) is 83.1 Å². The predicted octanol–water partition coefficient (Wildman–Crippen LogP) is 0.189. The maximum atomic E-state index is 14.9. The van der Waals surface area contributed by atoms with Crippen LogP contribution >= 0.6 is 0 Å². The van der Waals surface area contributed by atoms with Crippen molar-refractivity contribution in [1.82, 2.24) is 46.2 Å². The number of hydrogen-bond acceptors (Lipinski definition) is 21. The van der Waals surface area contributed by atoms with Crippen LogP contribution < -0.4 is 31.9 Å². The zero-order valence-electron chi connectivity index (χ0n) is 61.4. The summed E-state index contributed by atoms with van der Waals surface area (Å²) in [5.41, 5.74) is 1.44. The molecule has 17 atom stereocenters. The Hall–Kier alpha value is -8.24. The van der Waals surface area contributed by atoms with Crippen LogP contribution in [0, 0.1) is 29.6 Å². The van der Waals surface area contributed by atoms with Gasteiger partial charge in [0, 0.05) is 67.7 Å². The summed E-state index contributed by atoms with van der Waals surface area (Å²) in [7, 11) is 5.86. The van der Waals surface area contributed by atoms with Crippen molar-refractivity contribution in [3.05, 3.63) is 65.7 Å². The lowest BCUT2D eigenvalue weighted by Gasteiger charge is -2.41. The number of rotatable bonds is 38. The van der Waals surface area contributed by atoms with E-state index in [1.54, 1.807) is 103 Å². The van der Waals surface area contributed by atoms with Crippen LogP contribution in [-0.4, -0.2) is 263 Å². The number of carbonyl (C=O) groups is 12. The first kappa shape index (κ1) is 82.7. The molecule has 32 heteroatoms. The van der Waals surface area contributed by atoms with Crippen LogP contribution in [0.2, 0.25) is 0 Å². The standard InChI is InChI=1S/C70H106N10O22/c1-14-40(8)56(48(98-12)33-52(85)79-30-18-22-47(79)60(99-13)41(9)62(89)73-45(32-42-20-16-15-17-21-42)63(90)71-29-19-31-100-69-59(88)57(86)58(87)61(102-69)68(95)96)77(10)67(94)54(38(4)5)76-66(93)55(39(6)7)78(11)70(97)101-36-43-23-25-44(26-24-43)72-64(91)46(35-81)74-65(92)53(37(2)3)75-49(82)34-80-50(83)27-28-51(80)84/h15-17,20-21,23-26,37-41,45-48,53-61,69,81,86-88H,14,18-19,22,27-36H2,1-13H3,(H,71,90)(H,72,91)(H,73,89)(H,74,92)(H,75,82)(H,76,93)(H,95,96)/t40-,41+,45-,46-,47-,48+,53-,54-,55-,56-,57-,58-,59+,60+,61-,69+/m0/s1/i27T/t27?,40-,41+,45-,46-,47-,48+,53-,54-,55-,56-,57-,58-,59+,60+,61-,69+. The second kappa shape index (κ2) is 40.0. The number of anilines is 1. The average Bonchev–Trinajstić information content (AvgIpc) is 1.79. The van der Waals surface area contributed by atoms with Crippen molar-refractivity contribution in [2.75, 3.05) is 66.5 Å². The predicted molar refractivity (Wildman–Crippen MR) is 366 cm³/mol. The molecule has 0 bridgehead atoms. The van der Waals surface area contributed by atoms with E-state index >= 15 is 0 Å². The molecule has 3 saturated heterocycles. The Morgan fingerprint density at radius 3 is 1.94 bits per heavy atom. The van der Waals surface area contributed by atoms with Gasteiger partial charge in [-0.05, 0) is 66.2 Å². The van der Waals surface area contributed by atoms with Gasteiger partial charge in [-0.2, -0.15) is 0 Å². The number of nitrogens with zero attached hydrogens (tertiary/aromatic N) is 4. The summed E-state index contributed by atoms with van der Waals surface area (Å²) in [6.07, 6.45) is -11.6. The summed E-state index contributed by atoms with van der Waals surface area (Å²) in [4.78, 5) is 166. The third kappa shape index (κ3) is 22.9. The van der Waals surface area contributed by atoms with Gasteiger partial charge in [-0.1, -0.05) is 111 Å². The molecule has 11 amide bonds. The van der Waals surface area contributed by atoms with Crippen molar-refractivity contribution in [3.8, 4) is 0 Å². The van der Waals surface area contributed by atoms with E-state index in [-0.39, 0.29) is 63.0 Å². The number of carbonyl (C=O) groups excluding carboxylic acids is 11. The van der Waals surface area contributed by atoms with E-state index < -0.39 is 194 Å². The number of likely N-dealkylation sites (tertiary alicyclic amines) is 2. The Labute approximate surface area is 596 Å². The molecule has 1 unspecified atom stereocenters. The van der Waals surface area contributed by atoms with Crippen molar-refractivity contribution >= 4 is 76.8 Å². The molecule has 2 aromatic carbocycles. The monoisotopic (exact) mass is 1440 g/mol. The highest BCUT2D eigenvalue weighted by Crippen LogP contribution is 2.31. The number of likely N-dealkylation sites (N-methyl/N-ethyl adjacent to an activating group) is 2. The molecule has 3 fully saturated rings. The minimum Gasteiger partial charge on any atom is -0.479 e.